The molecule has 6 aromatic rings. The van der Waals surface area contributed by atoms with Crippen LogP contribution < -0.4 is 57.1 Å². The number of aliphatic hydroxyl groups excluding tert-OH is 2. The van der Waals surface area contributed by atoms with Gasteiger partial charge in [0.2, 0.25) is 30.1 Å². The van der Waals surface area contributed by atoms with Crippen molar-refractivity contribution in [3.8, 4) is 17.2 Å². The second-order valence-electron chi connectivity index (χ2n) is 35.2. The minimum atomic E-state index is -4.39. The summed E-state index contributed by atoms with van der Waals surface area (Å²) in [4.78, 5) is 107. The molecule has 14 N–H and O–H groups in total. The molecule has 0 aromatic heterocycles. The molecule has 15 atom stereocenters. The maximum absolute atomic E-state index is 13.7. The van der Waals surface area contributed by atoms with E-state index in [4.69, 9.17) is 72.4 Å². The summed E-state index contributed by atoms with van der Waals surface area (Å²) in [6.07, 6.45) is -4.98. The van der Waals surface area contributed by atoms with Gasteiger partial charge in [-0.05, 0) is 176 Å². The maximum Gasteiger partial charge on any atom is 0.408 e. The first kappa shape index (κ1) is 113. The van der Waals surface area contributed by atoms with Crippen molar-refractivity contribution in [2.24, 2.45) is 47.2 Å². The summed E-state index contributed by atoms with van der Waals surface area (Å²) >= 11 is 0. The first-order valence-corrected chi connectivity index (χ1v) is 53.7. The Kier molecular flexibility index (Phi) is 42.4. The number of likely N-dealkylation sites (N-methyl/N-ethyl adjacent to an activating group) is 1. The fourth-order valence-electron chi connectivity index (χ4n) is 15.8. The molecule has 0 aliphatic carbocycles. The number of aliphatic hydroxyl groups is 2. The molecule has 6 saturated heterocycles. The summed E-state index contributed by atoms with van der Waals surface area (Å²) in [6, 6.07) is 32.8. The fourth-order valence-corrected chi connectivity index (χ4v) is 22.4. The zero-order chi connectivity index (χ0) is 100. The van der Waals surface area contributed by atoms with Gasteiger partial charge >= 0.3 is 41.1 Å². The standard InChI is InChI=1S/C30H44N3O11PS.C29H42N3O11PS.C23H34N2O8S.C7H10NO3P/c1-20(2)15-33(46(39,40)24-11-7-22(41-4)8-12-24)18-27(34)26(31-30(35)44-28-19-43-29-25(28)13-14-42-29)17-32(3)16-21-5-9-23(10-6-21)45(36,37)38;1-19(2)16-32(45(38,39)23-10-6-21(40-3)7-11-23)17-26(33)25(15-30-14-20-4-8-22(9-5-20)44(35,36)37)31-29(34)43-27-18-42-28-24(27)12-13-41-28;1-15(2)11-25(34(28,29)18-7-5-17(30-4)6-8-18)12-16(3)20(13-26)24-23(27)33-21-14-32-22-19(21)9-10-31-22;8-5-6-1-3-7(4-2-6)12(9,10)11/h5-12,20,25-29,34H,13-19H2,1-4H3,(H,31,35)(H2,36,37,38);4-11,19,24-28,30,33H,12-18H2,1-3H3,(H,31,34)(H2,35,36,37);5-8,13,15-16,19-22H,9-12,14H2,1-4H3,(H,24,27);1-4H,5,8H2,(H2,9,10,11)/t25-,26-,27+,28-,29+;24-,25-,26+,27-,28+;16-,19+,20+,21+,22-;/m001./s1. The molecule has 6 aromatic carbocycles. The molecule has 6 aliphatic rings. The molecule has 6 heterocycles. The molecule has 42 nitrogen and oxygen atoms in total. The Labute approximate surface area is 799 Å². The van der Waals surface area contributed by atoms with E-state index in [2.05, 4.69) is 21.3 Å². The van der Waals surface area contributed by atoms with E-state index in [1.54, 1.807) is 91.7 Å². The minimum Gasteiger partial charge on any atom is -0.497 e. The molecule has 137 heavy (non-hydrogen) atoms. The number of rotatable bonds is 43. The number of nitrogens with two attached hydrogens (primary N) is 1. The summed E-state index contributed by atoms with van der Waals surface area (Å²) in [6.45, 7) is 16.1. The van der Waals surface area contributed by atoms with Crippen LogP contribution in [0.5, 0.6) is 17.2 Å². The van der Waals surface area contributed by atoms with Crippen molar-refractivity contribution in [1.29, 1.82) is 0 Å². The Bertz CT molecular complexity index is 5350. The lowest BCUT2D eigenvalue weighted by molar-refractivity contribution is -0.110. The highest BCUT2D eigenvalue weighted by Gasteiger charge is 2.48. The van der Waals surface area contributed by atoms with Crippen LogP contribution in [-0.4, -0.2) is 295 Å². The smallest absolute Gasteiger partial charge is 0.408 e. The molecule has 48 heteroatoms. The highest BCUT2D eigenvalue weighted by atomic mass is 32.2. The molecule has 762 valence electrons. The van der Waals surface area contributed by atoms with Crippen molar-refractivity contribution in [2.45, 2.75) is 170 Å². The first-order valence-electron chi connectivity index (χ1n) is 44.5. The van der Waals surface area contributed by atoms with E-state index in [0.717, 1.165) is 17.5 Å². The summed E-state index contributed by atoms with van der Waals surface area (Å²) in [5.74, 6) is 0.755. The number of alkyl carbamates (subject to hydrolysis) is 3. The molecule has 12 rings (SSSR count). The van der Waals surface area contributed by atoms with Gasteiger partial charge in [-0.2, -0.15) is 12.9 Å². The molecule has 0 saturated carbocycles. The van der Waals surface area contributed by atoms with Crippen molar-refractivity contribution in [3.63, 3.8) is 0 Å². The van der Waals surface area contributed by atoms with Gasteiger partial charge < -0.3 is 128 Å². The number of carbonyl (C=O) groups excluding carboxylic acids is 4. The number of methoxy groups -OCH3 is 3. The first-order chi connectivity index (χ1) is 64.6. The zero-order valence-corrected chi connectivity index (χ0v) is 83.3. The summed E-state index contributed by atoms with van der Waals surface area (Å²) in [7, 11) is -18.5. The van der Waals surface area contributed by atoms with Crippen LogP contribution in [0, 0.1) is 41.4 Å². The third-order valence-corrected chi connectivity index (χ3v) is 31.5. The molecule has 0 bridgehead atoms. The normalized spacial score (nSPS) is 21.2. The van der Waals surface area contributed by atoms with E-state index in [1.165, 1.54) is 107 Å². The topological polar surface area (TPSA) is 582 Å². The number of ether oxygens (including phenoxy) is 12. The van der Waals surface area contributed by atoms with Crippen LogP contribution in [-0.2, 0) is 111 Å². The van der Waals surface area contributed by atoms with Gasteiger partial charge in [0.25, 0.3) is 0 Å². The average Bonchev–Trinajstić information content (AvgIpc) is 1.70. The molecule has 0 unspecified atom stereocenters. The van der Waals surface area contributed by atoms with E-state index in [0.29, 0.717) is 74.8 Å². The van der Waals surface area contributed by atoms with Crippen LogP contribution in [0.2, 0.25) is 0 Å². The quantitative estimate of drug-likeness (QED) is 0.0141. The van der Waals surface area contributed by atoms with Gasteiger partial charge in [0.15, 0.2) is 18.9 Å². The van der Waals surface area contributed by atoms with Crippen molar-refractivity contribution in [3.05, 3.63) is 162 Å². The van der Waals surface area contributed by atoms with Crippen LogP contribution in [0.3, 0.4) is 0 Å². The van der Waals surface area contributed by atoms with Gasteiger partial charge in [-0.25, -0.2) is 39.6 Å². The Morgan fingerprint density at radius 2 is 0.752 bits per heavy atom. The third kappa shape index (κ3) is 33.3. The fraction of sp³-hybridized carbons (Fsp3) is 0.551. The van der Waals surface area contributed by atoms with Crippen LogP contribution in [0.1, 0.15) is 84.4 Å². The number of hydrogen-bond acceptors (Lipinski definition) is 30. The summed E-state index contributed by atoms with van der Waals surface area (Å²) < 4.78 is 184. The Morgan fingerprint density at radius 1 is 0.438 bits per heavy atom. The van der Waals surface area contributed by atoms with Gasteiger partial charge in [-0.3, -0.25) is 18.6 Å². The lowest BCUT2D eigenvalue weighted by Gasteiger charge is -2.32. The Hall–Kier alpha value is -8.06. The third-order valence-electron chi connectivity index (χ3n) is 23.1. The summed E-state index contributed by atoms with van der Waals surface area (Å²) in [5.41, 5.74) is 7.60. The summed E-state index contributed by atoms with van der Waals surface area (Å²) in [5, 5.41) is 33.9. The van der Waals surface area contributed by atoms with E-state index < -0.39 is 138 Å². The monoisotopic (exact) mass is 2040 g/mol. The number of aldehydes is 1. The van der Waals surface area contributed by atoms with Crippen molar-refractivity contribution < 1.29 is 155 Å². The van der Waals surface area contributed by atoms with Crippen molar-refractivity contribution >= 4 is 93.3 Å². The molecule has 6 fully saturated rings. The minimum absolute atomic E-state index is 0.0188. The zero-order valence-electron chi connectivity index (χ0n) is 78.2. The van der Waals surface area contributed by atoms with Gasteiger partial charge in [0.1, 0.15) is 41.8 Å². The molecule has 3 amide bonds. The van der Waals surface area contributed by atoms with E-state index in [-0.39, 0.29) is 151 Å². The average molecular weight is 2040 g/mol. The molecule has 0 spiro atoms. The van der Waals surface area contributed by atoms with Gasteiger partial charge in [0.05, 0.1) is 140 Å². The largest absolute Gasteiger partial charge is 0.497 e. The number of sulfonamides is 3. The van der Waals surface area contributed by atoms with Crippen LogP contribution in [0.15, 0.2) is 160 Å². The Balaban J connectivity index is 0.000000218. The molecule has 0 radical (unpaired) electrons. The van der Waals surface area contributed by atoms with E-state index in [9.17, 15) is 87.9 Å². The lowest BCUT2D eigenvalue weighted by Crippen LogP contribution is -2.54. The molecule has 6 aliphatic heterocycles. The number of nitrogens with one attached hydrogen (secondary N) is 4. The number of amides is 3. The van der Waals surface area contributed by atoms with E-state index >= 15 is 0 Å². The molecular formula is C89H130N9O33P3S3. The number of hydrogen-bond donors (Lipinski definition) is 13. The highest BCUT2D eigenvalue weighted by Crippen LogP contribution is 2.39. The van der Waals surface area contributed by atoms with Gasteiger partial charge in [-0.1, -0.05) is 84.9 Å². The number of benzene rings is 6. The van der Waals surface area contributed by atoms with Crippen LogP contribution >= 0.6 is 22.8 Å². The van der Waals surface area contributed by atoms with Gasteiger partial charge in [-0.15, -0.1) is 0 Å². The predicted octanol–water partition coefficient (Wildman–Crippen LogP) is 4.63. The van der Waals surface area contributed by atoms with Crippen LogP contribution in [0.4, 0.5) is 14.4 Å². The van der Waals surface area contributed by atoms with Crippen LogP contribution in [0.25, 0.3) is 0 Å². The lowest BCUT2D eigenvalue weighted by atomic mass is 10.0. The molecular weight excluding hydrogens is 1910 g/mol. The second kappa shape index (κ2) is 51.6. The number of carbonyl (C=O) groups is 4. The predicted molar refractivity (Wildman–Crippen MR) is 500 cm³/mol. The van der Waals surface area contributed by atoms with Crippen molar-refractivity contribution in [2.75, 3.05) is 120 Å². The van der Waals surface area contributed by atoms with Crippen molar-refractivity contribution in [1.82, 2.24) is 39.1 Å². The second-order valence-corrected chi connectivity index (χ2v) is 45.8. The Morgan fingerprint density at radius 3 is 1.07 bits per heavy atom. The van der Waals surface area contributed by atoms with Gasteiger partial charge in [0, 0.05) is 72.0 Å². The highest BCUT2D eigenvalue weighted by molar-refractivity contribution is 7.89. The number of fused-ring (bicyclic) bond motifs is 3. The number of nitrogens with zero attached hydrogens (tertiary/aromatic N) is 4. The van der Waals surface area contributed by atoms with E-state index in [1.807, 2.05) is 41.5 Å². The SMILES string of the molecule is COc1ccc(S(=O)(=O)N(CC(C)C)C[C@@H](C)[C@H](C=O)NC(=O)O[C@H]2CO[C@H]3OCC[C@H]32)cc1.COc1ccc(S(=O)(=O)N(CC(C)C)C[C@@H](O)[C@H](CN(C)Cc2ccc(P(=O)(O)O)cc2)NC(=O)O[C@H]2CO[C@H]3OCC[C@H]32)cc1.COc1ccc(S(=O)(=O)N(CC(C)C)C[C@@H](O)[C@H](CNCc2ccc(P(=O)(O)O)cc2)NC(=O)O[C@H]2CO[C@H]3OCC[C@H]32)cc1.NCc1ccc(P(=O)(O)O)cc1. The maximum atomic E-state index is 13.7.